The average molecular weight is 472 g/mol. The molecule has 0 atom stereocenters. The highest BCUT2D eigenvalue weighted by Gasteiger charge is 2.27. The molecule has 0 amide bonds. The lowest BCUT2D eigenvalue weighted by Crippen LogP contribution is -2.38. The summed E-state index contributed by atoms with van der Waals surface area (Å²) in [5.41, 5.74) is 2.36. The normalized spacial score (nSPS) is 22.3. The number of halogens is 1. The first-order valence-corrected chi connectivity index (χ1v) is 12.5. The molecule has 4 rings (SSSR count). The third kappa shape index (κ3) is 6.87. The lowest BCUT2D eigenvalue weighted by Gasteiger charge is -2.33. The minimum Gasteiger partial charge on any atom is -0.383 e. The Hall–Kier alpha value is -2.29. The van der Waals surface area contributed by atoms with Gasteiger partial charge in [-0.15, -0.1) is 0 Å². The van der Waals surface area contributed by atoms with Crippen molar-refractivity contribution in [3.05, 3.63) is 36.5 Å². The predicted molar refractivity (Wildman–Crippen MR) is 134 cm³/mol. The molecule has 2 aromatic rings. The first-order valence-electron chi connectivity index (χ1n) is 12.5. The Morgan fingerprint density at radius 3 is 2.62 bits per heavy atom. The van der Waals surface area contributed by atoms with Crippen LogP contribution in [0, 0.1) is 11.2 Å². The van der Waals surface area contributed by atoms with Crippen molar-refractivity contribution >= 4 is 11.5 Å². The van der Waals surface area contributed by atoms with Gasteiger partial charge >= 0.3 is 0 Å². The Labute approximate surface area is 202 Å². The van der Waals surface area contributed by atoms with Gasteiger partial charge in [-0.2, -0.15) is 0 Å². The minimum absolute atomic E-state index is 0.200. The fourth-order valence-electron chi connectivity index (χ4n) is 4.80. The van der Waals surface area contributed by atoms with Crippen molar-refractivity contribution in [3.8, 4) is 11.1 Å². The number of aromatic nitrogens is 2. The van der Waals surface area contributed by atoms with Gasteiger partial charge in [0.2, 0.25) is 0 Å². The molecule has 0 aromatic carbocycles. The first kappa shape index (κ1) is 24.8. The van der Waals surface area contributed by atoms with Crippen LogP contribution in [0.2, 0.25) is 0 Å². The zero-order valence-electron chi connectivity index (χ0n) is 20.4. The number of nitrogens with one attached hydrogen (secondary N) is 3. The molecule has 8 heteroatoms. The van der Waals surface area contributed by atoms with Gasteiger partial charge in [0.25, 0.3) is 0 Å². The number of rotatable bonds is 10. The third-order valence-corrected chi connectivity index (χ3v) is 7.14. The first-order chi connectivity index (χ1) is 16.5. The highest BCUT2D eigenvalue weighted by Crippen LogP contribution is 2.31. The molecular formula is C26H38FN5O2. The van der Waals surface area contributed by atoms with E-state index in [1.54, 1.807) is 25.6 Å². The van der Waals surface area contributed by atoms with E-state index in [0.717, 1.165) is 82.7 Å². The zero-order chi connectivity index (χ0) is 23.8. The molecule has 2 aromatic heterocycles. The fourth-order valence-corrected chi connectivity index (χ4v) is 4.80. The summed E-state index contributed by atoms with van der Waals surface area (Å²) in [4.78, 5) is 8.66. The smallest absolute Gasteiger partial charge is 0.149 e. The quantitative estimate of drug-likeness (QED) is 0.441. The van der Waals surface area contributed by atoms with Crippen molar-refractivity contribution in [2.24, 2.45) is 5.41 Å². The maximum atomic E-state index is 14.7. The molecule has 1 saturated carbocycles. The highest BCUT2D eigenvalue weighted by molar-refractivity contribution is 5.69. The van der Waals surface area contributed by atoms with E-state index in [-0.39, 0.29) is 11.2 Å². The molecule has 0 radical (unpaired) electrons. The number of hydrogen-bond donors (Lipinski definition) is 3. The van der Waals surface area contributed by atoms with Crippen LogP contribution in [0.1, 0.15) is 45.4 Å². The SMILES string of the molecule is COCCNC1CCC(Nc2cc(-c3cncc(NCC4(C)CCOCC4)c3)c(F)cn2)CC1. The average Bonchev–Trinajstić information content (AvgIpc) is 2.86. The van der Waals surface area contributed by atoms with Gasteiger partial charge in [-0.25, -0.2) is 9.37 Å². The van der Waals surface area contributed by atoms with Gasteiger partial charge in [-0.05, 0) is 56.1 Å². The van der Waals surface area contributed by atoms with Gasteiger partial charge in [0.1, 0.15) is 11.6 Å². The minimum atomic E-state index is -0.341. The van der Waals surface area contributed by atoms with Crippen LogP contribution in [0.3, 0.4) is 0 Å². The molecule has 0 bridgehead atoms. The Morgan fingerprint density at radius 2 is 1.85 bits per heavy atom. The van der Waals surface area contributed by atoms with Crippen LogP contribution < -0.4 is 16.0 Å². The number of anilines is 2. The summed E-state index contributed by atoms with van der Waals surface area (Å²) < 4.78 is 25.3. The van der Waals surface area contributed by atoms with Crippen molar-refractivity contribution in [2.75, 3.05) is 50.7 Å². The number of ether oxygens (including phenoxy) is 2. The van der Waals surface area contributed by atoms with Crippen LogP contribution in [-0.2, 0) is 9.47 Å². The van der Waals surface area contributed by atoms with Gasteiger partial charge in [-0.3, -0.25) is 4.98 Å². The number of hydrogen-bond acceptors (Lipinski definition) is 7. The van der Waals surface area contributed by atoms with E-state index in [4.69, 9.17) is 9.47 Å². The molecule has 0 spiro atoms. The van der Waals surface area contributed by atoms with Gasteiger partial charge in [0.15, 0.2) is 0 Å². The van der Waals surface area contributed by atoms with Gasteiger partial charge in [-0.1, -0.05) is 6.92 Å². The standard InChI is InChI=1S/C26H38FN5O2/c1-26(7-10-34-11-8-26)18-31-22-13-19(15-28-16-22)23-14-25(30-17-24(23)27)32-21-5-3-20(4-6-21)29-9-12-33-2/h13-17,20-21,29,31H,3-12,18H2,1-2H3,(H,30,32). The maximum Gasteiger partial charge on any atom is 0.149 e. The van der Waals surface area contributed by atoms with Gasteiger partial charge in [0, 0.05) is 69.0 Å². The van der Waals surface area contributed by atoms with E-state index in [1.807, 2.05) is 6.07 Å². The fraction of sp³-hybridized carbons (Fsp3) is 0.615. The molecule has 2 fully saturated rings. The largest absolute Gasteiger partial charge is 0.383 e. The topological polar surface area (TPSA) is 80.3 Å². The second-order valence-electron chi connectivity index (χ2n) is 9.93. The number of pyridine rings is 2. The second-order valence-corrected chi connectivity index (χ2v) is 9.93. The summed E-state index contributed by atoms with van der Waals surface area (Å²) >= 11 is 0. The Morgan fingerprint density at radius 1 is 1.09 bits per heavy atom. The van der Waals surface area contributed by atoms with Crippen molar-refractivity contribution in [2.45, 2.75) is 57.5 Å². The van der Waals surface area contributed by atoms with Gasteiger partial charge in [0.05, 0.1) is 18.5 Å². The maximum absolute atomic E-state index is 14.7. The van der Waals surface area contributed by atoms with E-state index < -0.39 is 0 Å². The van der Waals surface area contributed by atoms with E-state index in [0.29, 0.717) is 23.5 Å². The molecule has 34 heavy (non-hydrogen) atoms. The molecular weight excluding hydrogens is 433 g/mol. The van der Waals surface area contributed by atoms with E-state index in [1.165, 1.54) is 6.20 Å². The highest BCUT2D eigenvalue weighted by atomic mass is 19.1. The molecule has 1 aliphatic heterocycles. The van der Waals surface area contributed by atoms with Crippen LogP contribution >= 0.6 is 0 Å². The number of methoxy groups -OCH3 is 1. The van der Waals surface area contributed by atoms with Crippen molar-refractivity contribution in [3.63, 3.8) is 0 Å². The molecule has 3 heterocycles. The monoisotopic (exact) mass is 471 g/mol. The lowest BCUT2D eigenvalue weighted by atomic mass is 9.82. The summed E-state index contributed by atoms with van der Waals surface area (Å²) in [5.74, 6) is 0.368. The predicted octanol–water partition coefficient (Wildman–Crippen LogP) is 4.47. The zero-order valence-corrected chi connectivity index (χ0v) is 20.4. The van der Waals surface area contributed by atoms with E-state index in [9.17, 15) is 4.39 Å². The van der Waals surface area contributed by atoms with Crippen LogP contribution in [0.15, 0.2) is 30.7 Å². The van der Waals surface area contributed by atoms with Crippen molar-refractivity contribution in [1.82, 2.24) is 15.3 Å². The summed E-state index contributed by atoms with van der Waals surface area (Å²) in [5, 5.41) is 10.6. The second kappa shape index (κ2) is 11.9. The number of nitrogens with zero attached hydrogens (tertiary/aromatic N) is 2. The van der Waals surface area contributed by atoms with Crippen molar-refractivity contribution < 1.29 is 13.9 Å². The van der Waals surface area contributed by atoms with Crippen LogP contribution in [-0.4, -0.2) is 62.1 Å². The Balaban J connectivity index is 1.36. The molecule has 2 aliphatic rings. The Kier molecular flexibility index (Phi) is 8.69. The van der Waals surface area contributed by atoms with E-state index in [2.05, 4.69) is 32.8 Å². The van der Waals surface area contributed by atoms with Crippen LogP contribution in [0.4, 0.5) is 15.9 Å². The summed E-state index contributed by atoms with van der Waals surface area (Å²) in [7, 11) is 1.73. The van der Waals surface area contributed by atoms with E-state index >= 15 is 0 Å². The molecule has 1 saturated heterocycles. The Bertz CT molecular complexity index is 914. The van der Waals surface area contributed by atoms with Crippen LogP contribution in [0.25, 0.3) is 11.1 Å². The molecule has 1 aliphatic carbocycles. The molecule has 186 valence electrons. The molecule has 7 nitrogen and oxygen atoms in total. The summed E-state index contributed by atoms with van der Waals surface area (Å²) in [6.07, 6.45) is 11.2. The lowest BCUT2D eigenvalue weighted by molar-refractivity contribution is 0.0300. The summed E-state index contributed by atoms with van der Waals surface area (Å²) in [6, 6.07) is 4.65. The summed E-state index contributed by atoms with van der Waals surface area (Å²) in [6.45, 7) is 6.36. The van der Waals surface area contributed by atoms with Gasteiger partial charge < -0.3 is 25.4 Å². The van der Waals surface area contributed by atoms with Crippen molar-refractivity contribution in [1.29, 1.82) is 0 Å². The molecule has 0 unspecified atom stereocenters. The van der Waals surface area contributed by atoms with Crippen LogP contribution in [0.5, 0.6) is 0 Å². The molecule has 3 N–H and O–H groups in total. The third-order valence-electron chi connectivity index (χ3n) is 7.14.